The van der Waals surface area contributed by atoms with Crippen LogP contribution < -0.4 is 0 Å². The molecule has 0 atom stereocenters. The van der Waals surface area contributed by atoms with Gasteiger partial charge in [0, 0.05) is 0 Å². The van der Waals surface area contributed by atoms with Crippen LogP contribution in [0.15, 0.2) is 47.0 Å². The van der Waals surface area contributed by atoms with Crippen molar-refractivity contribution in [3.8, 4) is 0 Å². The summed E-state index contributed by atoms with van der Waals surface area (Å²) in [5, 5.41) is -0.255. The fraction of sp³-hybridized carbons (Fsp3) is 0.550. The van der Waals surface area contributed by atoms with Crippen LogP contribution in [0.3, 0.4) is 0 Å². The normalized spacial score (nSPS) is 24.8. The zero-order chi connectivity index (χ0) is 17.2. The summed E-state index contributed by atoms with van der Waals surface area (Å²) in [6.07, 6.45) is 6.50. The molecule has 1 aromatic carbocycles. The van der Waals surface area contributed by atoms with Gasteiger partial charge in [-0.1, -0.05) is 30.3 Å². The highest BCUT2D eigenvalue weighted by atomic mass is 32.2. The maximum absolute atomic E-state index is 12.1. The monoisotopic (exact) mass is 345 g/mol. The summed E-state index contributed by atoms with van der Waals surface area (Å²) in [5.41, 5.74) is 3.71. The third kappa shape index (κ3) is 3.97. The Morgan fingerprint density at radius 1 is 1.08 bits per heavy atom. The van der Waals surface area contributed by atoms with Crippen LogP contribution in [-0.4, -0.2) is 31.7 Å². The Kier molecular flexibility index (Phi) is 5.24. The predicted molar refractivity (Wildman–Crippen MR) is 100 cm³/mol. The number of rotatable bonds is 5. The number of hydrogen-bond donors (Lipinski definition) is 0. The minimum atomic E-state index is -2.92. The molecule has 0 radical (unpaired) electrons. The Labute approximate surface area is 145 Å². The molecule has 1 aromatic rings. The molecule has 0 aromatic heterocycles. The van der Waals surface area contributed by atoms with E-state index in [1.165, 1.54) is 11.1 Å². The van der Waals surface area contributed by atoms with Crippen LogP contribution in [0.25, 0.3) is 0 Å². The molecule has 0 amide bonds. The third-order valence-electron chi connectivity index (χ3n) is 5.38. The van der Waals surface area contributed by atoms with Gasteiger partial charge in [-0.15, -0.1) is 0 Å². The van der Waals surface area contributed by atoms with E-state index in [1.54, 1.807) is 13.8 Å². The molecule has 2 aliphatic rings. The van der Waals surface area contributed by atoms with Gasteiger partial charge in [-0.3, -0.25) is 4.99 Å². The van der Waals surface area contributed by atoms with Crippen molar-refractivity contribution in [1.82, 2.24) is 0 Å². The summed E-state index contributed by atoms with van der Waals surface area (Å²) in [7, 11) is -2.92. The van der Waals surface area contributed by atoms with Crippen molar-refractivity contribution in [2.75, 3.05) is 12.3 Å². The van der Waals surface area contributed by atoms with Crippen molar-refractivity contribution in [3.63, 3.8) is 0 Å². The SMILES string of the molecule is CC(C)S(=O)(=O)CC1CCC(C2=CC(c3ccccc3)=NC2)CC1. The van der Waals surface area contributed by atoms with E-state index in [0.29, 0.717) is 17.6 Å². The van der Waals surface area contributed by atoms with Gasteiger partial charge < -0.3 is 0 Å². The van der Waals surface area contributed by atoms with Crippen molar-refractivity contribution in [2.24, 2.45) is 16.8 Å². The molecule has 130 valence electrons. The van der Waals surface area contributed by atoms with Gasteiger partial charge in [0.15, 0.2) is 9.84 Å². The first-order valence-corrected chi connectivity index (χ1v) is 10.7. The Balaban J connectivity index is 1.57. The van der Waals surface area contributed by atoms with Gasteiger partial charge in [-0.25, -0.2) is 8.42 Å². The second-order valence-electron chi connectivity index (χ2n) is 7.38. The van der Waals surface area contributed by atoms with Crippen LogP contribution in [0.1, 0.15) is 45.1 Å². The van der Waals surface area contributed by atoms with Crippen LogP contribution in [0.4, 0.5) is 0 Å². The molecule has 1 heterocycles. The van der Waals surface area contributed by atoms with Crippen molar-refractivity contribution in [1.29, 1.82) is 0 Å². The van der Waals surface area contributed by atoms with Gasteiger partial charge in [-0.05, 0) is 68.6 Å². The number of aliphatic imine (C=N–C) groups is 1. The second kappa shape index (κ2) is 7.22. The molecule has 24 heavy (non-hydrogen) atoms. The largest absolute Gasteiger partial charge is 0.280 e. The van der Waals surface area contributed by atoms with E-state index in [9.17, 15) is 8.42 Å². The first-order chi connectivity index (χ1) is 11.5. The lowest BCUT2D eigenvalue weighted by atomic mass is 9.79. The first-order valence-electron chi connectivity index (χ1n) is 8.97. The average Bonchev–Trinajstić information content (AvgIpc) is 3.06. The maximum atomic E-state index is 12.1. The summed E-state index contributed by atoms with van der Waals surface area (Å²) in [4.78, 5) is 4.69. The fourth-order valence-electron chi connectivity index (χ4n) is 3.69. The number of sulfone groups is 1. The Bertz CT molecular complexity index is 724. The van der Waals surface area contributed by atoms with Gasteiger partial charge in [-0.2, -0.15) is 0 Å². The van der Waals surface area contributed by atoms with Crippen molar-refractivity contribution in [3.05, 3.63) is 47.5 Å². The fourth-order valence-corrected chi connectivity index (χ4v) is 5.07. The smallest absolute Gasteiger partial charge is 0.152 e. The van der Waals surface area contributed by atoms with E-state index in [-0.39, 0.29) is 5.25 Å². The number of hydrogen-bond acceptors (Lipinski definition) is 3. The zero-order valence-corrected chi connectivity index (χ0v) is 15.4. The topological polar surface area (TPSA) is 46.5 Å². The van der Waals surface area contributed by atoms with Crippen LogP contribution >= 0.6 is 0 Å². The van der Waals surface area contributed by atoms with Crippen molar-refractivity contribution >= 4 is 15.5 Å². The van der Waals surface area contributed by atoms with Crippen LogP contribution in [0, 0.1) is 11.8 Å². The molecule has 1 fully saturated rings. The van der Waals surface area contributed by atoms with E-state index in [1.807, 2.05) is 18.2 Å². The second-order valence-corrected chi connectivity index (χ2v) is 9.98. The minimum Gasteiger partial charge on any atom is -0.280 e. The molecular formula is C20H27NO2S. The Morgan fingerprint density at radius 2 is 1.75 bits per heavy atom. The van der Waals surface area contributed by atoms with Gasteiger partial charge in [0.25, 0.3) is 0 Å². The molecule has 1 aliphatic heterocycles. The lowest BCUT2D eigenvalue weighted by Crippen LogP contribution is -2.27. The van der Waals surface area contributed by atoms with Crippen LogP contribution in [-0.2, 0) is 9.84 Å². The quantitative estimate of drug-likeness (QED) is 0.808. The molecule has 0 saturated heterocycles. The van der Waals surface area contributed by atoms with Crippen LogP contribution in [0.5, 0.6) is 0 Å². The summed E-state index contributed by atoms with van der Waals surface area (Å²) >= 11 is 0. The molecule has 0 unspecified atom stereocenters. The van der Waals surface area contributed by atoms with Gasteiger partial charge in [0.05, 0.1) is 23.3 Å². The van der Waals surface area contributed by atoms with E-state index in [2.05, 4.69) is 18.2 Å². The van der Waals surface area contributed by atoms with E-state index >= 15 is 0 Å². The summed E-state index contributed by atoms with van der Waals surface area (Å²) < 4.78 is 24.2. The van der Waals surface area contributed by atoms with Gasteiger partial charge in [0.2, 0.25) is 0 Å². The summed E-state index contributed by atoms with van der Waals surface area (Å²) in [5.74, 6) is 1.28. The molecule has 3 rings (SSSR count). The van der Waals surface area contributed by atoms with Gasteiger partial charge >= 0.3 is 0 Å². The summed E-state index contributed by atoms with van der Waals surface area (Å²) in [6.45, 7) is 4.38. The van der Waals surface area contributed by atoms with E-state index < -0.39 is 9.84 Å². The molecule has 0 bridgehead atoms. The molecule has 4 heteroatoms. The maximum Gasteiger partial charge on any atom is 0.152 e. The Hall–Kier alpha value is -1.42. The van der Waals surface area contributed by atoms with E-state index in [4.69, 9.17) is 4.99 Å². The minimum absolute atomic E-state index is 0.255. The standard InChI is InChI=1S/C20H27NO2S/c1-15(2)24(22,23)14-16-8-10-17(11-9-16)19-12-20(21-13-19)18-6-4-3-5-7-18/h3-7,12,15-17H,8-11,13-14H2,1-2H3. The molecule has 1 saturated carbocycles. The lowest BCUT2D eigenvalue weighted by Gasteiger charge is -2.29. The lowest BCUT2D eigenvalue weighted by molar-refractivity contribution is 0.320. The zero-order valence-electron chi connectivity index (χ0n) is 14.6. The first kappa shape index (κ1) is 17.4. The Morgan fingerprint density at radius 3 is 2.38 bits per heavy atom. The number of allylic oxidation sites excluding steroid dienone is 1. The van der Waals surface area contributed by atoms with Crippen molar-refractivity contribution < 1.29 is 8.42 Å². The molecule has 3 nitrogen and oxygen atoms in total. The molecule has 0 N–H and O–H groups in total. The molecule has 0 spiro atoms. The van der Waals surface area contributed by atoms with Crippen LogP contribution in [0.2, 0.25) is 0 Å². The third-order valence-corrected chi connectivity index (χ3v) is 7.75. The number of benzene rings is 1. The van der Waals surface area contributed by atoms with E-state index in [0.717, 1.165) is 37.9 Å². The molecular weight excluding hydrogens is 318 g/mol. The van der Waals surface area contributed by atoms with Gasteiger partial charge in [0.1, 0.15) is 0 Å². The summed E-state index contributed by atoms with van der Waals surface area (Å²) in [6, 6.07) is 10.3. The highest BCUT2D eigenvalue weighted by Gasteiger charge is 2.29. The highest BCUT2D eigenvalue weighted by Crippen LogP contribution is 2.36. The number of nitrogens with zero attached hydrogens (tertiary/aromatic N) is 1. The average molecular weight is 346 g/mol. The highest BCUT2D eigenvalue weighted by molar-refractivity contribution is 7.91. The predicted octanol–water partition coefficient (Wildman–Crippen LogP) is 4.05. The van der Waals surface area contributed by atoms with Crippen molar-refractivity contribution in [2.45, 2.75) is 44.8 Å². The molecule has 1 aliphatic carbocycles.